The van der Waals surface area contributed by atoms with E-state index in [2.05, 4.69) is 29.3 Å². The molecular weight excluding hydrogens is 302 g/mol. The third-order valence-corrected chi connectivity index (χ3v) is 4.74. The standard InChI is InChI=1S/C18H25N5O/c1-14-5-4-6-15(11-14)17(21(2)3)18(24)22-9-7-16(8-10-22)23-12-19-20-13-23/h4-6,11-13,16-17H,7-10H2,1-3H3. The summed E-state index contributed by atoms with van der Waals surface area (Å²) >= 11 is 0. The molecule has 1 atom stereocenters. The molecule has 0 bridgehead atoms. The van der Waals surface area contributed by atoms with Gasteiger partial charge in [-0.25, -0.2) is 0 Å². The molecule has 3 rings (SSSR count). The van der Waals surface area contributed by atoms with Gasteiger partial charge in [-0.05, 0) is 39.4 Å². The van der Waals surface area contributed by atoms with Crippen LogP contribution in [0.3, 0.4) is 0 Å². The van der Waals surface area contributed by atoms with E-state index in [4.69, 9.17) is 0 Å². The van der Waals surface area contributed by atoms with Crippen LogP contribution in [0, 0.1) is 6.92 Å². The van der Waals surface area contributed by atoms with E-state index in [0.29, 0.717) is 6.04 Å². The Morgan fingerprint density at radius 3 is 2.46 bits per heavy atom. The number of aryl methyl sites for hydroxylation is 1. The number of carbonyl (C=O) groups is 1. The van der Waals surface area contributed by atoms with E-state index in [1.807, 2.05) is 40.6 Å². The van der Waals surface area contributed by atoms with Crippen LogP contribution in [0.5, 0.6) is 0 Å². The van der Waals surface area contributed by atoms with Gasteiger partial charge in [0.25, 0.3) is 0 Å². The largest absolute Gasteiger partial charge is 0.341 e. The second kappa shape index (κ2) is 7.13. The summed E-state index contributed by atoms with van der Waals surface area (Å²) in [6.07, 6.45) is 5.41. The third kappa shape index (κ3) is 3.48. The van der Waals surface area contributed by atoms with Crippen molar-refractivity contribution >= 4 is 5.91 Å². The summed E-state index contributed by atoms with van der Waals surface area (Å²) in [6.45, 7) is 3.61. The molecule has 2 heterocycles. The van der Waals surface area contributed by atoms with Gasteiger partial charge in [0.2, 0.25) is 5.91 Å². The van der Waals surface area contributed by atoms with Crippen LogP contribution >= 0.6 is 0 Å². The normalized spacial score (nSPS) is 17.2. The molecule has 1 aliphatic heterocycles. The van der Waals surface area contributed by atoms with Crippen LogP contribution in [0.4, 0.5) is 0 Å². The molecule has 6 heteroatoms. The molecule has 2 aromatic rings. The number of hydrogen-bond acceptors (Lipinski definition) is 4. The summed E-state index contributed by atoms with van der Waals surface area (Å²) in [5, 5.41) is 7.75. The number of nitrogens with zero attached hydrogens (tertiary/aromatic N) is 5. The summed E-state index contributed by atoms with van der Waals surface area (Å²) in [7, 11) is 3.93. The maximum Gasteiger partial charge on any atom is 0.244 e. The molecule has 6 nitrogen and oxygen atoms in total. The van der Waals surface area contributed by atoms with E-state index in [1.54, 1.807) is 12.7 Å². The van der Waals surface area contributed by atoms with Gasteiger partial charge in [-0.2, -0.15) is 0 Å². The molecule has 128 valence electrons. The van der Waals surface area contributed by atoms with Gasteiger partial charge < -0.3 is 9.47 Å². The number of benzene rings is 1. The number of carbonyl (C=O) groups excluding carboxylic acids is 1. The lowest BCUT2D eigenvalue weighted by Crippen LogP contribution is -2.44. The highest BCUT2D eigenvalue weighted by atomic mass is 16.2. The lowest BCUT2D eigenvalue weighted by atomic mass is 9.99. The number of likely N-dealkylation sites (tertiary alicyclic amines) is 1. The van der Waals surface area contributed by atoms with Crippen molar-refractivity contribution in [2.24, 2.45) is 0 Å². The minimum atomic E-state index is -0.226. The molecule has 1 aromatic heterocycles. The fraction of sp³-hybridized carbons (Fsp3) is 0.500. The number of aromatic nitrogens is 3. The van der Waals surface area contributed by atoms with Crippen LogP contribution in [0.15, 0.2) is 36.9 Å². The summed E-state index contributed by atoms with van der Waals surface area (Å²) in [5.74, 6) is 0.188. The van der Waals surface area contributed by atoms with E-state index >= 15 is 0 Å². The van der Waals surface area contributed by atoms with Crippen LogP contribution in [-0.2, 0) is 4.79 Å². The molecular formula is C18H25N5O. The Hall–Kier alpha value is -2.21. The van der Waals surface area contributed by atoms with Gasteiger partial charge in [0.15, 0.2) is 0 Å². The molecule has 1 fully saturated rings. The molecule has 1 saturated heterocycles. The topological polar surface area (TPSA) is 54.3 Å². The van der Waals surface area contributed by atoms with Gasteiger partial charge in [-0.1, -0.05) is 29.8 Å². The van der Waals surface area contributed by atoms with Gasteiger partial charge in [0.1, 0.15) is 18.7 Å². The predicted octanol–water partition coefficient (Wildman–Crippen LogP) is 2.05. The number of likely N-dealkylation sites (N-methyl/N-ethyl adjacent to an activating group) is 1. The molecule has 1 amide bonds. The average molecular weight is 327 g/mol. The van der Waals surface area contributed by atoms with E-state index in [9.17, 15) is 4.79 Å². The van der Waals surface area contributed by atoms with E-state index in [1.165, 1.54) is 5.56 Å². The second-order valence-corrected chi connectivity index (χ2v) is 6.75. The minimum absolute atomic E-state index is 0.188. The highest BCUT2D eigenvalue weighted by Gasteiger charge is 2.31. The maximum absolute atomic E-state index is 13.1. The van der Waals surface area contributed by atoms with Crippen molar-refractivity contribution < 1.29 is 4.79 Å². The monoisotopic (exact) mass is 327 g/mol. The van der Waals surface area contributed by atoms with E-state index in [-0.39, 0.29) is 11.9 Å². The molecule has 24 heavy (non-hydrogen) atoms. The van der Waals surface area contributed by atoms with Crippen molar-refractivity contribution in [1.29, 1.82) is 0 Å². The van der Waals surface area contributed by atoms with Crippen LogP contribution in [-0.4, -0.2) is 57.7 Å². The first-order valence-electron chi connectivity index (χ1n) is 8.42. The quantitative estimate of drug-likeness (QED) is 0.862. The Labute approximate surface area is 143 Å². The summed E-state index contributed by atoms with van der Waals surface area (Å²) < 4.78 is 2.05. The molecule has 0 N–H and O–H groups in total. The zero-order valence-corrected chi connectivity index (χ0v) is 14.6. The van der Waals surface area contributed by atoms with Crippen LogP contribution in [0.25, 0.3) is 0 Å². The number of rotatable bonds is 4. The first kappa shape index (κ1) is 16.6. The SMILES string of the molecule is Cc1cccc(C(C(=O)N2CCC(n3cnnc3)CC2)N(C)C)c1. The summed E-state index contributed by atoms with van der Waals surface area (Å²) in [5.41, 5.74) is 2.24. The Kier molecular flexibility index (Phi) is 4.94. The van der Waals surface area contributed by atoms with E-state index in [0.717, 1.165) is 31.5 Å². The third-order valence-electron chi connectivity index (χ3n) is 4.74. The Bertz CT molecular complexity index is 674. The van der Waals surface area contributed by atoms with Crippen LogP contribution in [0.2, 0.25) is 0 Å². The van der Waals surface area contributed by atoms with Gasteiger partial charge >= 0.3 is 0 Å². The zero-order chi connectivity index (χ0) is 17.1. The number of piperidine rings is 1. The van der Waals surface area contributed by atoms with Crippen molar-refractivity contribution in [3.63, 3.8) is 0 Å². The van der Waals surface area contributed by atoms with Crippen molar-refractivity contribution in [3.8, 4) is 0 Å². The van der Waals surface area contributed by atoms with Gasteiger partial charge in [0, 0.05) is 19.1 Å². The lowest BCUT2D eigenvalue weighted by molar-refractivity contribution is -0.137. The van der Waals surface area contributed by atoms with Gasteiger partial charge in [0.05, 0.1) is 0 Å². The first-order valence-corrected chi connectivity index (χ1v) is 8.42. The van der Waals surface area contributed by atoms with Gasteiger partial charge in [-0.15, -0.1) is 10.2 Å². The molecule has 0 radical (unpaired) electrons. The Morgan fingerprint density at radius 2 is 1.88 bits per heavy atom. The first-order chi connectivity index (χ1) is 11.6. The fourth-order valence-corrected chi connectivity index (χ4v) is 3.46. The number of hydrogen-bond donors (Lipinski definition) is 0. The molecule has 0 saturated carbocycles. The number of amides is 1. The second-order valence-electron chi connectivity index (χ2n) is 6.75. The highest BCUT2D eigenvalue weighted by molar-refractivity contribution is 5.83. The summed E-state index contributed by atoms with van der Waals surface area (Å²) in [4.78, 5) is 17.1. The molecule has 1 aliphatic rings. The van der Waals surface area contributed by atoms with Crippen molar-refractivity contribution in [3.05, 3.63) is 48.0 Å². The van der Waals surface area contributed by atoms with E-state index < -0.39 is 0 Å². The van der Waals surface area contributed by atoms with Crippen molar-refractivity contribution in [2.75, 3.05) is 27.2 Å². The molecule has 1 aromatic carbocycles. The highest BCUT2D eigenvalue weighted by Crippen LogP contribution is 2.27. The molecule has 0 spiro atoms. The van der Waals surface area contributed by atoms with Crippen molar-refractivity contribution in [1.82, 2.24) is 24.6 Å². The molecule has 1 unspecified atom stereocenters. The Morgan fingerprint density at radius 1 is 1.21 bits per heavy atom. The molecule has 0 aliphatic carbocycles. The van der Waals surface area contributed by atoms with Gasteiger partial charge in [-0.3, -0.25) is 9.69 Å². The average Bonchev–Trinajstić information content (AvgIpc) is 3.09. The zero-order valence-electron chi connectivity index (χ0n) is 14.6. The lowest BCUT2D eigenvalue weighted by Gasteiger charge is -2.36. The van der Waals surface area contributed by atoms with Crippen molar-refractivity contribution in [2.45, 2.75) is 31.8 Å². The minimum Gasteiger partial charge on any atom is -0.341 e. The summed E-state index contributed by atoms with van der Waals surface area (Å²) in [6, 6.07) is 8.39. The smallest absolute Gasteiger partial charge is 0.244 e. The maximum atomic E-state index is 13.1. The predicted molar refractivity (Wildman–Crippen MR) is 92.5 cm³/mol. The van der Waals surface area contributed by atoms with Crippen LogP contribution in [0.1, 0.15) is 36.1 Å². The Balaban J connectivity index is 1.70. The fourth-order valence-electron chi connectivity index (χ4n) is 3.46. The van der Waals surface area contributed by atoms with Crippen LogP contribution < -0.4 is 0 Å².